The second-order valence-electron chi connectivity index (χ2n) is 2.50. The van der Waals surface area contributed by atoms with E-state index in [0.29, 0.717) is 29.7 Å². The van der Waals surface area contributed by atoms with Crippen molar-refractivity contribution < 1.29 is 9.47 Å². The summed E-state index contributed by atoms with van der Waals surface area (Å²) >= 11 is 5.88. The first-order chi connectivity index (χ1) is 6.25. The van der Waals surface area contributed by atoms with Crippen LogP contribution >= 0.6 is 11.6 Å². The largest absolute Gasteiger partial charge is 0.490 e. The maximum Gasteiger partial charge on any atom is 0.140 e. The first-order valence-corrected chi connectivity index (χ1v) is 4.29. The first kappa shape index (κ1) is 10.2. The van der Waals surface area contributed by atoms with Crippen LogP contribution in [0, 0.1) is 0 Å². The quantitative estimate of drug-likeness (QED) is 0.598. The summed E-state index contributed by atoms with van der Waals surface area (Å²) < 4.78 is 10.2. The molecular weight excluding hydrogens is 190 g/mol. The summed E-state index contributed by atoms with van der Waals surface area (Å²) in [7, 11) is 1.62. The van der Waals surface area contributed by atoms with Crippen molar-refractivity contribution in [2.45, 2.75) is 0 Å². The van der Waals surface area contributed by atoms with E-state index in [1.807, 2.05) is 0 Å². The summed E-state index contributed by atoms with van der Waals surface area (Å²) in [6.45, 7) is 1.00. The molecule has 0 aromatic heterocycles. The fraction of sp³-hybridized carbons (Fsp3) is 0.333. The highest BCUT2D eigenvalue weighted by molar-refractivity contribution is 6.34. The third kappa shape index (κ3) is 2.79. The number of hydrogen-bond acceptors (Lipinski definition) is 3. The summed E-state index contributed by atoms with van der Waals surface area (Å²) in [5.74, 6) is 0.596. The van der Waals surface area contributed by atoms with Crippen molar-refractivity contribution >= 4 is 17.3 Å². The number of halogens is 1. The third-order valence-corrected chi connectivity index (χ3v) is 1.94. The highest BCUT2D eigenvalue weighted by Gasteiger charge is 2.03. The maximum absolute atomic E-state index is 5.88. The molecule has 0 heterocycles. The Balaban J connectivity index is 2.61. The normalized spacial score (nSPS) is 10.0. The highest BCUT2D eigenvalue weighted by Crippen LogP contribution is 2.29. The molecule has 0 fully saturated rings. The van der Waals surface area contributed by atoms with E-state index in [2.05, 4.69) is 0 Å². The molecule has 0 saturated carbocycles. The van der Waals surface area contributed by atoms with E-state index in [9.17, 15) is 0 Å². The smallest absolute Gasteiger partial charge is 0.140 e. The van der Waals surface area contributed by atoms with Crippen LogP contribution in [-0.2, 0) is 4.74 Å². The summed E-state index contributed by atoms with van der Waals surface area (Å²) in [6.07, 6.45) is 0. The Kier molecular flexibility index (Phi) is 3.86. The number of nitrogens with two attached hydrogens (primary N) is 1. The van der Waals surface area contributed by atoms with Gasteiger partial charge in [-0.2, -0.15) is 0 Å². The molecule has 0 aliphatic heterocycles. The Morgan fingerprint density at radius 3 is 2.85 bits per heavy atom. The van der Waals surface area contributed by atoms with Crippen molar-refractivity contribution in [3.05, 3.63) is 23.2 Å². The Morgan fingerprint density at radius 2 is 2.15 bits per heavy atom. The zero-order chi connectivity index (χ0) is 9.68. The van der Waals surface area contributed by atoms with Gasteiger partial charge in [0.15, 0.2) is 0 Å². The summed E-state index contributed by atoms with van der Waals surface area (Å²) in [5, 5.41) is 0.457. The molecule has 0 aliphatic carbocycles. The van der Waals surface area contributed by atoms with Crippen LogP contribution in [0.4, 0.5) is 5.69 Å². The molecule has 13 heavy (non-hydrogen) atoms. The minimum atomic E-state index is 0.457. The zero-order valence-corrected chi connectivity index (χ0v) is 8.17. The summed E-state index contributed by atoms with van der Waals surface area (Å²) in [4.78, 5) is 0. The molecule has 0 bridgehead atoms. The van der Waals surface area contributed by atoms with Crippen LogP contribution in [-0.4, -0.2) is 20.3 Å². The number of nitrogen functional groups attached to an aromatic ring is 1. The molecule has 3 nitrogen and oxygen atoms in total. The fourth-order valence-electron chi connectivity index (χ4n) is 0.874. The minimum absolute atomic E-state index is 0.457. The maximum atomic E-state index is 5.88. The van der Waals surface area contributed by atoms with Gasteiger partial charge in [-0.05, 0) is 12.1 Å². The lowest BCUT2D eigenvalue weighted by atomic mass is 10.3. The average molecular weight is 202 g/mol. The van der Waals surface area contributed by atoms with E-state index in [1.54, 1.807) is 25.3 Å². The van der Waals surface area contributed by atoms with Gasteiger partial charge in [-0.15, -0.1) is 0 Å². The number of methoxy groups -OCH3 is 1. The number of hydrogen-bond donors (Lipinski definition) is 1. The summed E-state index contributed by atoms with van der Waals surface area (Å²) in [5.41, 5.74) is 6.11. The second-order valence-corrected chi connectivity index (χ2v) is 2.88. The molecule has 2 N–H and O–H groups in total. The van der Waals surface area contributed by atoms with Crippen LogP contribution in [0.5, 0.6) is 5.75 Å². The van der Waals surface area contributed by atoms with E-state index in [0.717, 1.165) is 0 Å². The van der Waals surface area contributed by atoms with E-state index < -0.39 is 0 Å². The molecule has 1 rings (SSSR count). The molecule has 0 spiro atoms. The lowest BCUT2D eigenvalue weighted by molar-refractivity contribution is 0.146. The molecular formula is C9H12ClNO2. The van der Waals surface area contributed by atoms with Crippen LogP contribution in [0.2, 0.25) is 5.02 Å². The van der Waals surface area contributed by atoms with E-state index in [1.165, 1.54) is 0 Å². The van der Waals surface area contributed by atoms with Crippen molar-refractivity contribution in [1.29, 1.82) is 0 Å². The zero-order valence-electron chi connectivity index (χ0n) is 7.42. The lowest BCUT2D eigenvalue weighted by Crippen LogP contribution is -2.04. The van der Waals surface area contributed by atoms with Crippen molar-refractivity contribution in [2.24, 2.45) is 0 Å². The van der Waals surface area contributed by atoms with Gasteiger partial charge in [0, 0.05) is 7.11 Å². The van der Waals surface area contributed by atoms with Crippen molar-refractivity contribution in [1.82, 2.24) is 0 Å². The fourth-order valence-corrected chi connectivity index (χ4v) is 1.05. The monoisotopic (exact) mass is 201 g/mol. The SMILES string of the molecule is COCCOc1cccc(N)c1Cl. The topological polar surface area (TPSA) is 44.5 Å². The van der Waals surface area contributed by atoms with E-state index in [-0.39, 0.29) is 0 Å². The van der Waals surface area contributed by atoms with Crippen molar-refractivity contribution in [3.63, 3.8) is 0 Å². The molecule has 0 aliphatic rings. The molecule has 4 heteroatoms. The van der Waals surface area contributed by atoms with Crippen LogP contribution in [0.3, 0.4) is 0 Å². The van der Waals surface area contributed by atoms with Crippen LogP contribution in [0.25, 0.3) is 0 Å². The molecule has 0 radical (unpaired) electrons. The van der Waals surface area contributed by atoms with Crippen LogP contribution in [0.15, 0.2) is 18.2 Å². The number of ether oxygens (including phenoxy) is 2. The molecule has 1 aromatic rings. The Labute approximate surface area is 82.4 Å². The predicted molar refractivity (Wildman–Crippen MR) is 53.2 cm³/mol. The molecule has 72 valence electrons. The summed E-state index contributed by atoms with van der Waals surface area (Å²) in [6, 6.07) is 5.29. The Bertz CT molecular complexity index is 278. The third-order valence-electron chi connectivity index (χ3n) is 1.54. The van der Waals surface area contributed by atoms with Gasteiger partial charge in [0.25, 0.3) is 0 Å². The van der Waals surface area contributed by atoms with Crippen molar-refractivity contribution in [2.75, 3.05) is 26.1 Å². The minimum Gasteiger partial charge on any atom is -0.490 e. The van der Waals surface area contributed by atoms with Gasteiger partial charge >= 0.3 is 0 Å². The highest BCUT2D eigenvalue weighted by atomic mass is 35.5. The Morgan fingerprint density at radius 1 is 1.38 bits per heavy atom. The first-order valence-electron chi connectivity index (χ1n) is 3.91. The van der Waals surface area contributed by atoms with Gasteiger partial charge < -0.3 is 15.2 Å². The number of rotatable bonds is 4. The van der Waals surface area contributed by atoms with Crippen LogP contribution in [0.1, 0.15) is 0 Å². The molecule has 0 atom stereocenters. The van der Waals surface area contributed by atoms with E-state index in [4.69, 9.17) is 26.8 Å². The van der Waals surface area contributed by atoms with Gasteiger partial charge in [-0.3, -0.25) is 0 Å². The Hall–Kier alpha value is -0.930. The standard InChI is InChI=1S/C9H12ClNO2/c1-12-5-6-13-8-4-2-3-7(11)9(8)10/h2-4H,5-6,11H2,1H3. The second kappa shape index (κ2) is 4.94. The number of anilines is 1. The van der Waals surface area contributed by atoms with Gasteiger partial charge in [0.2, 0.25) is 0 Å². The lowest BCUT2D eigenvalue weighted by Gasteiger charge is -2.08. The molecule has 0 saturated heterocycles. The predicted octanol–water partition coefficient (Wildman–Crippen LogP) is 1.95. The van der Waals surface area contributed by atoms with Crippen molar-refractivity contribution in [3.8, 4) is 5.75 Å². The molecule has 0 unspecified atom stereocenters. The van der Waals surface area contributed by atoms with E-state index >= 15 is 0 Å². The van der Waals surface area contributed by atoms with Gasteiger partial charge in [-0.25, -0.2) is 0 Å². The molecule has 1 aromatic carbocycles. The average Bonchev–Trinajstić information content (AvgIpc) is 2.13. The van der Waals surface area contributed by atoms with Crippen LogP contribution < -0.4 is 10.5 Å². The number of benzene rings is 1. The van der Waals surface area contributed by atoms with Gasteiger partial charge in [0.1, 0.15) is 17.4 Å². The molecule has 0 amide bonds. The van der Waals surface area contributed by atoms with Gasteiger partial charge in [-0.1, -0.05) is 17.7 Å². The van der Waals surface area contributed by atoms with Gasteiger partial charge in [0.05, 0.1) is 12.3 Å².